The molecule has 2 heterocycles. The number of benzene rings is 1. The fourth-order valence-electron chi connectivity index (χ4n) is 3.13. The van der Waals surface area contributed by atoms with Gasteiger partial charge < -0.3 is 25.8 Å². The molecule has 0 radical (unpaired) electrons. The molecule has 0 spiro atoms. The predicted octanol–water partition coefficient (Wildman–Crippen LogP) is 2.76. The lowest BCUT2D eigenvalue weighted by Gasteiger charge is -2.15. The molecule has 0 aliphatic heterocycles. The molecule has 3 N–H and O–H groups in total. The Balaban J connectivity index is 1.45. The number of hydrogen-bond acceptors (Lipinski definition) is 9. The summed E-state index contributed by atoms with van der Waals surface area (Å²) in [6.07, 6.45) is 5.08. The van der Waals surface area contributed by atoms with Crippen molar-refractivity contribution in [2.24, 2.45) is 0 Å². The molecule has 3 aromatic rings. The molecule has 36 heavy (non-hydrogen) atoms. The quantitative estimate of drug-likeness (QED) is 0.253. The fraction of sp³-hybridized carbons (Fsp3) is 0.320. The van der Waals surface area contributed by atoms with Gasteiger partial charge in [0, 0.05) is 45.0 Å². The Morgan fingerprint density at radius 3 is 2.56 bits per heavy atom. The molecule has 0 unspecified atom stereocenters. The molecule has 0 saturated heterocycles. The summed E-state index contributed by atoms with van der Waals surface area (Å²) in [4.78, 5) is 41.9. The van der Waals surface area contributed by atoms with Crippen LogP contribution in [0.4, 0.5) is 16.8 Å². The van der Waals surface area contributed by atoms with Crippen molar-refractivity contribution in [2.75, 3.05) is 58.0 Å². The van der Waals surface area contributed by atoms with Gasteiger partial charge in [-0.1, -0.05) is 47.7 Å². The van der Waals surface area contributed by atoms with Crippen LogP contribution in [0.5, 0.6) is 0 Å². The number of hydrogen-bond donors (Lipinski definition) is 3. The molecule has 190 valence electrons. The van der Waals surface area contributed by atoms with Crippen LogP contribution >= 0.6 is 11.3 Å². The highest BCUT2D eigenvalue weighted by Gasteiger charge is 2.10. The average molecular weight is 509 g/mol. The summed E-state index contributed by atoms with van der Waals surface area (Å²) >= 11 is 1.54. The van der Waals surface area contributed by atoms with Crippen molar-refractivity contribution in [3.63, 3.8) is 0 Å². The number of rotatable bonds is 12. The Bertz CT molecular complexity index is 1180. The van der Waals surface area contributed by atoms with Crippen molar-refractivity contribution in [1.82, 2.24) is 30.1 Å². The first-order chi connectivity index (χ1) is 17.3. The van der Waals surface area contributed by atoms with E-state index in [1.165, 1.54) is 11.0 Å². The van der Waals surface area contributed by atoms with E-state index in [2.05, 4.69) is 30.9 Å². The SMILES string of the molecule is Cc1nc(NCCNC(=O)CN(C)C(=O)/C=C/CN(C)C)cc(Nc2ncc(-c3ccccc3)s2)n1. The third-order valence-corrected chi connectivity index (χ3v) is 5.84. The van der Waals surface area contributed by atoms with Crippen LogP contribution in [0.25, 0.3) is 10.4 Å². The third-order valence-electron chi connectivity index (χ3n) is 4.88. The van der Waals surface area contributed by atoms with Gasteiger partial charge in [0.05, 0.1) is 11.4 Å². The number of carbonyl (C=O) groups is 2. The molecule has 0 bridgehead atoms. The zero-order valence-electron chi connectivity index (χ0n) is 21.0. The summed E-state index contributed by atoms with van der Waals surface area (Å²) in [7, 11) is 5.44. The molecule has 0 aliphatic rings. The summed E-state index contributed by atoms with van der Waals surface area (Å²) in [5.74, 6) is 1.43. The Morgan fingerprint density at radius 2 is 1.81 bits per heavy atom. The van der Waals surface area contributed by atoms with E-state index in [0.29, 0.717) is 37.1 Å². The predicted molar refractivity (Wildman–Crippen MR) is 144 cm³/mol. The molecule has 0 aliphatic carbocycles. The molecule has 3 rings (SSSR count). The van der Waals surface area contributed by atoms with Crippen LogP contribution < -0.4 is 16.0 Å². The normalized spacial score (nSPS) is 11.0. The largest absolute Gasteiger partial charge is 0.368 e. The fourth-order valence-corrected chi connectivity index (χ4v) is 3.96. The van der Waals surface area contributed by atoms with Gasteiger partial charge in [0.2, 0.25) is 11.8 Å². The number of carbonyl (C=O) groups excluding carboxylic acids is 2. The highest BCUT2D eigenvalue weighted by molar-refractivity contribution is 7.18. The van der Waals surface area contributed by atoms with Crippen molar-refractivity contribution in [1.29, 1.82) is 0 Å². The second-order valence-corrected chi connectivity index (χ2v) is 9.37. The van der Waals surface area contributed by atoms with E-state index in [-0.39, 0.29) is 18.4 Å². The first kappa shape index (κ1) is 26.8. The van der Waals surface area contributed by atoms with Crippen LogP contribution in [0.1, 0.15) is 5.82 Å². The van der Waals surface area contributed by atoms with E-state index in [1.807, 2.05) is 62.4 Å². The molecular formula is C25H32N8O2S. The van der Waals surface area contributed by atoms with Crippen LogP contribution in [0.2, 0.25) is 0 Å². The van der Waals surface area contributed by atoms with E-state index in [1.54, 1.807) is 30.5 Å². The molecule has 2 aromatic heterocycles. The Labute approximate surface area is 215 Å². The summed E-state index contributed by atoms with van der Waals surface area (Å²) in [6, 6.07) is 11.9. The minimum Gasteiger partial charge on any atom is -0.368 e. The maximum atomic E-state index is 12.2. The van der Waals surface area contributed by atoms with Gasteiger partial charge in [-0.25, -0.2) is 15.0 Å². The molecule has 0 atom stereocenters. The van der Waals surface area contributed by atoms with E-state index < -0.39 is 0 Å². The first-order valence-corrected chi connectivity index (χ1v) is 12.3. The van der Waals surface area contributed by atoms with Gasteiger partial charge in [-0.15, -0.1) is 0 Å². The number of anilines is 3. The van der Waals surface area contributed by atoms with Gasteiger partial charge in [-0.3, -0.25) is 9.59 Å². The molecule has 10 nitrogen and oxygen atoms in total. The van der Waals surface area contributed by atoms with Crippen molar-refractivity contribution < 1.29 is 9.59 Å². The van der Waals surface area contributed by atoms with E-state index in [0.717, 1.165) is 15.6 Å². The number of nitrogens with zero attached hydrogens (tertiary/aromatic N) is 5. The van der Waals surface area contributed by atoms with Gasteiger partial charge in [0.25, 0.3) is 0 Å². The van der Waals surface area contributed by atoms with Crippen molar-refractivity contribution in [2.45, 2.75) is 6.92 Å². The number of thiazole rings is 1. The third kappa shape index (κ3) is 8.75. The summed E-state index contributed by atoms with van der Waals surface area (Å²) in [6.45, 7) is 3.32. The number of likely N-dealkylation sites (N-methyl/N-ethyl adjacent to an activating group) is 2. The Morgan fingerprint density at radius 1 is 1.06 bits per heavy atom. The van der Waals surface area contributed by atoms with Gasteiger partial charge in [-0.05, 0) is 26.6 Å². The molecule has 1 aromatic carbocycles. The lowest BCUT2D eigenvalue weighted by atomic mass is 10.2. The summed E-state index contributed by atoms with van der Waals surface area (Å²) in [5, 5.41) is 9.97. The van der Waals surface area contributed by atoms with Crippen LogP contribution in [-0.4, -0.2) is 83.9 Å². The van der Waals surface area contributed by atoms with E-state index >= 15 is 0 Å². The highest BCUT2D eigenvalue weighted by atomic mass is 32.1. The van der Waals surface area contributed by atoms with Gasteiger partial charge in [0.1, 0.15) is 17.5 Å². The summed E-state index contributed by atoms with van der Waals surface area (Å²) in [5.41, 5.74) is 1.11. The maximum Gasteiger partial charge on any atom is 0.246 e. The second kappa shape index (κ2) is 13.3. The number of aryl methyl sites for hydroxylation is 1. The van der Waals surface area contributed by atoms with Crippen LogP contribution in [0.15, 0.2) is 54.7 Å². The molecule has 2 amide bonds. The number of nitrogens with one attached hydrogen (secondary N) is 3. The zero-order chi connectivity index (χ0) is 25.9. The number of amides is 2. The molecular weight excluding hydrogens is 476 g/mol. The van der Waals surface area contributed by atoms with Crippen molar-refractivity contribution in [3.05, 3.63) is 60.6 Å². The molecule has 0 fully saturated rings. The van der Waals surface area contributed by atoms with Crippen molar-refractivity contribution in [3.8, 4) is 10.4 Å². The molecule has 11 heteroatoms. The summed E-state index contributed by atoms with van der Waals surface area (Å²) < 4.78 is 0. The first-order valence-electron chi connectivity index (χ1n) is 11.5. The van der Waals surface area contributed by atoms with Gasteiger partial charge in [0.15, 0.2) is 5.13 Å². The smallest absolute Gasteiger partial charge is 0.246 e. The van der Waals surface area contributed by atoms with Gasteiger partial charge >= 0.3 is 0 Å². The second-order valence-electron chi connectivity index (χ2n) is 8.34. The lowest BCUT2D eigenvalue weighted by Crippen LogP contribution is -2.39. The Kier molecular flexibility index (Phi) is 9.90. The van der Waals surface area contributed by atoms with Crippen molar-refractivity contribution >= 4 is 39.9 Å². The zero-order valence-corrected chi connectivity index (χ0v) is 21.8. The van der Waals surface area contributed by atoms with E-state index in [4.69, 9.17) is 0 Å². The standard InChI is InChI=1S/C25H32N8O2S/c1-18-29-21(26-12-13-27-23(34)17-33(4)24(35)11-8-14-32(2)3)15-22(30-18)31-25-28-16-20(36-25)19-9-6-5-7-10-19/h5-11,15-16H,12-14,17H2,1-4H3,(H,27,34)(H2,26,28,29,30,31)/b11-8+. The average Bonchev–Trinajstić information content (AvgIpc) is 3.30. The maximum absolute atomic E-state index is 12.2. The minimum atomic E-state index is -0.229. The topological polar surface area (TPSA) is 115 Å². The number of aromatic nitrogens is 3. The van der Waals surface area contributed by atoms with E-state index in [9.17, 15) is 9.59 Å². The van der Waals surface area contributed by atoms with Crippen LogP contribution in [0.3, 0.4) is 0 Å². The van der Waals surface area contributed by atoms with Crippen LogP contribution in [-0.2, 0) is 9.59 Å². The monoisotopic (exact) mass is 508 g/mol. The molecule has 0 saturated carbocycles. The lowest BCUT2D eigenvalue weighted by molar-refractivity contribution is -0.131. The Hall–Kier alpha value is -3.83. The highest BCUT2D eigenvalue weighted by Crippen LogP contribution is 2.30. The van der Waals surface area contributed by atoms with Crippen LogP contribution in [0, 0.1) is 6.92 Å². The van der Waals surface area contributed by atoms with Gasteiger partial charge in [-0.2, -0.15) is 0 Å². The minimum absolute atomic E-state index is 0.00932.